The second-order valence-electron chi connectivity index (χ2n) is 31.2. The van der Waals surface area contributed by atoms with Crippen molar-refractivity contribution in [2.75, 3.05) is 84.6 Å². The minimum Gasteiger partial charge on any atom is -0.481 e. The van der Waals surface area contributed by atoms with E-state index in [1.54, 1.807) is 33.2 Å². The molecule has 0 unspecified atom stereocenters. The topological polar surface area (TPSA) is 287 Å². The first-order chi connectivity index (χ1) is 49.4. The molecule has 6 aromatic rings. The summed E-state index contributed by atoms with van der Waals surface area (Å²) in [7, 11) is 2.80. The maximum absolute atomic E-state index is 12.5. The molecule has 0 spiro atoms. The first-order valence-electron chi connectivity index (χ1n) is 36.0. The number of fused-ring (bicyclic) bond motifs is 1. The molecule has 0 saturated carbocycles. The van der Waals surface area contributed by atoms with Crippen LogP contribution in [-0.4, -0.2) is 178 Å². The fourth-order valence-corrected chi connectivity index (χ4v) is 13.9. The van der Waals surface area contributed by atoms with Gasteiger partial charge in [0.05, 0.1) is 36.4 Å². The normalized spacial score (nSPS) is 17.8. The average molecular weight is 1530 g/mol. The number of nitrogens with one attached hydrogen (secondary N) is 2. The van der Waals surface area contributed by atoms with Crippen LogP contribution >= 0.6 is 46.4 Å². The third kappa shape index (κ3) is 26.8. The molecule has 2 aromatic heterocycles. The molecule has 22 nitrogen and oxygen atoms in total. The first kappa shape index (κ1) is 84.8. The van der Waals surface area contributed by atoms with Crippen LogP contribution in [0, 0.1) is 16.7 Å². The highest BCUT2D eigenvalue weighted by Crippen LogP contribution is 2.39. The van der Waals surface area contributed by atoms with Gasteiger partial charge in [0.15, 0.2) is 0 Å². The Bertz CT molecular complexity index is 3770. The van der Waals surface area contributed by atoms with E-state index in [1.807, 2.05) is 135 Å². The van der Waals surface area contributed by atoms with Gasteiger partial charge in [-0.3, -0.25) is 14.4 Å². The van der Waals surface area contributed by atoms with Crippen molar-refractivity contribution in [1.29, 1.82) is 0 Å². The molecular formula is C79H108Cl4N10O12. The highest BCUT2D eigenvalue weighted by molar-refractivity contribution is 6.31. The van der Waals surface area contributed by atoms with Crippen molar-refractivity contribution in [3.63, 3.8) is 0 Å². The Hall–Kier alpha value is -7.44. The largest absolute Gasteiger partial charge is 0.481 e. The maximum atomic E-state index is 12.5. The van der Waals surface area contributed by atoms with Crippen molar-refractivity contribution < 1.29 is 57.6 Å². The molecule has 0 radical (unpaired) electrons. The molecule has 7 heterocycles. The minimum absolute atomic E-state index is 0.0287. The standard InChI is InChI=1S/C19H26ClNO4.C18H20ClN5.C18H24ClNO4.C12H17ClN2.C12H21NO4/c1-18(2,3)25-17(23)21-11-9-19(10-12-21,16(22)24-4)13-14-5-7-15(20)8-6-14;19-14-3-1-13(2-4-14)11-18(20)6-9-24(10-7-18)17-15-5-8-21-16(15)22-12-23-17;1-17(2,3)24-16(23)20-10-8-18(9-11-20,15(21)22)12-13-4-6-14(19)7-5-13;13-11-3-1-10(2-4-11)9-12(14)5-7-15-8-6-12;1-12(2,3)17-11(15)13-7-5-9(6-8-13)10(14)16-4/h5-8H,9-13H2,1-4H3;1-5,8,12H,6-7,9-11,20H2,(H,21,22,23);4-7H,8-12H2,1-3H3,(H,21,22);1-4,15H,5-9,14H2;9H,5-8H2,1-4H3. The number of esters is 2. The number of nitrogens with two attached hydrogens (primary N) is 2. The Morgan fingerprint density at radius 2 is 0.848 bits per heavy atom. The average Bonchev–Trinajstić information content (AvgIpc) is 1.79. The summed E-state index contributed by atoms with van der Waals surface area (Å²) < 4.78 is 25.8. The van der Waals surface area contributed by atoms with E-state index in [0.29, 0.717) is 101 Å². The van der Waals surface area contributed by atoms with Crippen molar-refractivity contribution in [1.82, 2.24) is 35.0 Å². The summed E-state index contributed by atoms with van der Waals surface area (Å²) in [5.41, 5.74) is 15.1. The number of carbonyl (C=O) groups excluding carboxylic acids is 5. The number of amides is 3. The van der Waals surface area contributed by atoms with Crippen LogP contribution in [0.2, 0.25) is 20.1 Å². The zero-order chi connectivity index (χ0) is 77.0. The number of aromatic amines is 1. The predicted octanol–water partition coefficient (Wildman–Crippen LogP) is 15.0. The van der Waals surface area contributed by atoms with Crippen LogP contribution in [0.5, 0.6) is 0 Å². The van der Waals surface area contributed by atoms with Crippen LogP contribution in [0.3, 0.4) is 0 Å². The van der Waals surface area contributed by atoms with Gasteiger partial charge in [0.1, 0.15) is 34.6 Å². The van der Waals surface area contributed by atoms with Crippen molar-refractivity contribution in [2.24, 2.45) is 28.2 Å². The SMILES string of the molecule is CC(C)(C)OC(=O)N1CCC(Cc2ccc(Cl)cc2)(C(=O)O)CC1.COC(=O)C1(Cc2ccc(Cl)cc2)CCN(C(=O)OC(C)(C)C)CC1.COC(=O)C1CCN(C(=O)OC(C)(C)C)CC1.NC1(Cc2ccc(Cl)cc2)CCN(c2ncnc3[nH]ccc23)CC1.NC1(Cc2ccc(Cl)cc2)CCNCC1. The van der Waals surface area contributed by atoms with Gasteiger partial charge in [0.25, 0.3) is 0 Å². The van der Waals surface area contributed by atoms with Gasteiger partial charge in [0, 0.05) is 89.7 Å². The number of carboxylic acids is 1. The van der Waals surface area contributed by atoms with Gasteiger partial charge in [-0.2, -0.15) is 0 Å². The fraction of sp³-hybridized carbons (Fsp3) is 0.544. The van der Waals surface area contributed by atoms with Gasteiger partial charge < -0.3 is 70.2 Å². The van der Waals surface area contributed by atoms with Gasteiger partial charge in [-0.15, -0.1) is 0 Å². The summed E-state index contributed by atoms with van der Waals surface area (Å²) in [6, 6.07) is 32.7. The zero-order valence-corrected chi connectivity index (χ0v) is 65.8. The van der Waals surface area contributed by atoms with Crippen LogP contribution in [0.15, 0.2) is 116 Å². The Labute approximate surface area is 639 Å². The Morgan fingerprint density at radius 1 is 0.486 bits per heavy atom. The van der Waals surface area contributed by atoms with Gasteiger partial charge in [-0.05, 0) is 242 Å². The number of carboxylic acid groups (broad SMARTS) is 1. The zero-order valence-electron chi connectivity index (χ0n) is 62.8. The second kappa shape index (κ2) is 37.9. The first-order valence-corrected chi connectivity index (χ1v) is 37.5. The van der Waals surface area contributed by atoms with Crippen molar-refractivity contribution in [3.8, 4) is 0 Å². The lowest BCUT2D eigenvalue weighted by atomic mass is 9.74. The smallest absolute Gasteiger partial charge is 0.410 e. The summed E-state index contributed by atoms with van der Waals surface area (Å²) in [4.78, 5) is 90.9. The molecule has 5 fully saturated rings. The summed E-state index contributed by atoms with van der Waals surface area (Å²) >= 11 is 23.6. The molecule has 105 heavy (non-hydrogen) atoms. The molecule has 0 atom stereocenters. The van der Waals surface area contributed by atoms with E-state index in [0.717, 1.165) is 103 Å². The lowest BCUT2D eigenvalue weighted by molar-refractivity contribution is -0.156. The predicted molar refractivity (Wildman–Crippen MR) is 413 cm³/mol. The van der Waals surface area contributed by atoms with Crippen LogP contribution in [0.1, 0.15) is 149 Å². The fourth-order valence-electron chi connectivity index (χ4n) is 13.4. The van der Waals surface area contributed by atoms with Crippen molar-refractivity contribution in [3.05, 3.63) is 158 Å². The molecule has 574 valence electrons. The third-order valence-corrected chi connectivity index (χ3v) is 20.3. The quantitative estimate of drug-likeness (QED) is 0.0562. The molecule has 7 N–H and O–H groups in total. The molecule has 0 aliphatic carbocycles. The number of hydrogen-bond donors (Lipinski definition) is 5. The van der Waals surface area contributed by atoms with Crippen molar-refractivity contribution >= 4 is 99.4 Å². The van der Waals surface area contributed by atoms with E-state index in [1.165, 1.54) is 25.3 Å². The second-order valence-corrected chi connectivity index (χ2v) is 32.9. The molecule has 26 heteroatoms. The monoisotopic (exact) mass is 1530 g/mol. The number of ether oxygens (including phenoxy) is 5. The number of anilines is 1. The van der Waals surface area contributed by atoms with E-state index in [2.05, 4.69) is 49.4 Å². The Morgan fingerprint density at radius 3 is 1.22 bits per heavy atom. The molecule has 3 amide bonds. The molecule has 5 saturated heterocycles. The van der Waals surface area contributed by atoms with Crippen LogP contribution in [0.25, 0.3) is 11.0 Å². The minimum atomic E-state index is -0.855. The van der Waals surface area contributed by atoms with Crippen molar-refractivity contribution in [2.45, 2.75) is 180 Å². The van der Waals surface area contributed by atoms with Gasteiger partial charge in [0.2, 0.25) is 0 Å². The number of nitrogens with zero attached hydrogens (tertiary/aromatic N) is 6. The lowest BCUT2D eigenvalue weighted by Crippen LogP contribution is -2.52. The molecular weight excluding hydrogens is 1420 g/mol. The number of rotatable bonds is 12. The number of piperidine rings is 5. The third-order valence-electron chi connectivity index (χ3n) is 19.3. The number of halogens is 4. The maximum Gasteiger partial charge on any atom is 0.410 e. The Balaban J connectivity index is 0.000000186. The van der Waals surface area contributed by atoms with Crippen LogP contribution < -0.4 is 21.7 Å². The number of aliphatic carboxylic acids is 1. The van der Waals surface area contributed by atoms with Crippen LogP contribution in [-0.2, 0) is 63.8 Å². The van der Waals surface area contributed by atoms with Gasteiger partial charge in [-0.1, -0.05) is 94.9 Å². The van der Waals surface area contributed by atoms with Crippen LogP contribution in [0.4, 0.5) is 20.2 Å². The number of benzene rings is 4. The lowest BCUT2D eigenvalue weighted by Gasteiger charge is -2.40. The summed E-state index contributed by atoms with van der Waals surface area (Å²) in [6.07, 6.45) is 12.5. The van der Waals surface area contributed by atoms with Gasteiger partial charge in [-0.25, -0.2) is 24.4 Å². The Kier molecular flexibility index (Phi) is 30.6. The number of hydrogen-bond acceptors (Lipinski definition) is 17. The molecule has 4 aromatic carbocycles. The number of likely N-dealkylation sites (tertiary alicyclic amines) is 3. The summed E-state index contributed by atoms with van der Waals surface area (Å²) in [5, 5.41) is 17.0. The number of methoxy groups -OCH3 is 2. The molecule has 5 aliphatic heterocycles. The van der Waals surface area contributed by atoms with E-state index < -0.39 is 33.6 Å². The highest BCUT2D eigenvalue weighted by atomic mass is 35.5. The highest BCUT2D eigenvalue weighted by Gasteiger charge is 2.45. The number of H-pyrrole nitrogens is 1. The molecule has 5 aliphatic rings. The van der Waals surface area contributed by atoms with E-state index in [4.69, 9.17) is 81.6 Å². The van der Waals surface area contributed by atoms with E-state index in [-0.39, 0.29) is 47.2 Å². The summed E-state index contributed by atoms with van der Waals surface area (Å²) in [6.45, 7) is 23.2. The number of aromatic nitrogens is 3. The number of carbonyl (C=O) groups is 6. The van der Waals surface area contributed by atoms with E-state index >= 15 is 0 Å². The van der Waals surface area contributed by atoms with Gasteiger partial charge >= 0.3 is 36.2 Å². The molecule has 0 bridgehead atoms. The summed E-state index contributed by atoms with van der Waals surface area (Å²) in [5.74, 6) is -0.324. The molecule has 11 rings (SSSR count). The van der Waals surface area contributed by atoms with E-state index in [9.17, 15) is 33.9 Å².